The zero-order valence-electron chi connectivity index (χ0n) is 9.11. The van der Waals surface area contributed by atoms with Crippen molar-refractivity contribution in [3.05, 3.63) is 18.2 Å². The van der Waals surface area contributed by atoms with Crippen molar-refractivity contribution in [2.45, 2.75) is 26.3 Å². The van der Waals surface area contributed by atoms with Crippen LogP contribution in [0.25, 0.3) is 0 Å². The lowest BCUT2D eigenvalue weighted by molar-refractivity contribution is -0.131. The third-order valence-electron chi connectivity index (χ3n) is 2.36. The van der Waals surface area contributed by atoms with Gasteiger partial charge in [0.15, 0.2) is 0 Å². The van der Waals surface area contributed by atoms with Crippen molar-refractivity contribution in [3.63, 3.8) is 0 Å². The minimum atomic E-state index is 0.101. The number of halogens is 1. The molecule has 0 N–H and O–H groups in total. The Morgan fingerprint density at radius 3 is 2.73 bits per heavy atom. The summed E-state index contributed by atoms with van der Waals surface area (Å²) in [5.74, 6) is 0.482. The lowest BCUT2D eigenvalue weighted by Gasteiger charge is -2.19. The Morgan fingerprint density at radius 1 is 1.53 bits per heavy atom. The molecule has 0 spiro atoms. The highest BCUT2D eigenvalue weighted by Gasteiger charge is 2.11. The first-order valence-corrected chi connectivity index (χ1v) is 5.59. The van der Waals surface area contributed by atoms with Crippen molar-refractivity contribution < 1.29 is 4.79 Å². The number of imidazole rings is 1. The molecule has 0 radical (unpaired) electrons. The summed E-state index contributed by atoms with van der Waals surface area (Å²) < 4.78 is 1.79. The van der Waals surface area contributed by atoms with Gasteiger partial charge in [-0.3, -0.25) is 4.79 Å². The summed E-state index contributed by atoms with van der Waals surface area (Å²) in [4.78, 5) is 17.5. The molecule has 84 valence electrons. The van der Waals surface area contributed by atoms with Crippen LogP contribution in [0.15, 0.2) is 12.5 Å². The smallest absolute Gasteiger partial charge is 0.242 e. The van der Waals surface area contributed by atoms with Gasteiger partial charge in [0.2, 0.25) is 5.91 Å². The number of amides is 1. The number of aromatic nitrogens is 2. The van der Waals surface area contributed by atoms with E-state index in [1.165, 1.54) is 0 Å². The SMILES string of the molecule is CCN(CC)C(=O)Cn1cncc1CCl. The molecular formula is C10H16ClN3O. The minimum absolute atomic E-state index is 0.101. The Hall–Kier alpha value is -1.03. The van der Waals surface area contributed by atoms with Gasteiger partial charge in [-0.1, -0.05) is 0 Å². The molecule has 15 heavy (non-hydrogen) atoms. The maximum Gasteiger partial charge on any atom is 0.242 e. The fourth-order valence-corrected chi connectivity index (χ4v) is 1.65. The van der Waals surface area contributed by atoms with E-state index in [0.29, 0.717) is 12.4 Å². The molecule has 0 aliphatic rings. The summed E-state index contributed by atoms with van der Waals surface area (Å²) in [6.45, 7) is 5.74. The standard InChI is InChI=1S/C10H16ClN3O/c1-3-13(4-2)10(15)7-14-8-12-6-9(14)5-11/h6,8H,3-5,7H2,1-2H3. The molecule has 0 saturated heterocycles. The average Bonchev–Trinajstić information content (AvgIpc) is 2.67. The van der Waals surface area contributed by atoms with Crippen molar-refractivity contribution in [3.8, 4) is 0 Å². The van der Waals surface area contributed by atoms with Gasteiger partial charge < -0.3 is 9.47 Å². The molecule has 1 heterocycles. The summed E-state index contributed by atoms with van der Waals surface area (Å²) in [6.07, 6.45) is 3.32. The highest BCUT2D eigenvalue weighted by molar-refractivity contribution is 6.16. The van der Waals surface area contributed by atoms with Crippen molar-refractivity contribution in [2.24, 2.45) is 0 Å². The molecule has 0 fully saturated rings. The lowest BCUT2D eigenvalue weighted by Crippen LogP contribution is -2.33. The molecule has 1 amide bonds. The molecule has 0 aliphatic heterocycles. The van der Waals surface area contributed by atoms with Crippen molar-refractivity contribution in [2.75, 3.05) is 13.1 Å². The second-order valence-corrected chi connectivity index (χ2v) is 3.48. The number of nitrogens with zero attached hydrogens (tertiary/aromatic N) is 3. The zero-order valence-corrected chi connectivity index (χ0v) is 9.87. The number of rotatable bonds is 5. The predicted octanol–water partition coefficient (Wildman–Crippen LogP) is 1.49. The van der Waals surface area contributed by atoms with E-state index in [1.807, 2.05) is 13.8 Å². The zero-order chi connectivity index (χ0) is 11.3. The van der Waals surface area contributed by atoms with E-state index < -0.39 is 0 Å². The molecule has 1 aromatic heterocycles. The molecular weight excluding hydrogens is 214 g/mol. The largest absolute Gasteiger partial charge is 0.342 e. The molecule has 0 saturated carbocycles. The van der Waals surface area contributed by atoms with Crippen LogP contribution in [0.2, 0.25) is 0 Å². The lowest BCUT2D eigenvalue weighted by atomic mass is 10.4. The van der Waals surface area contributed by atoms with Crippen molar-refractivity contribution >= 4 is 17.5 Å². The Morgan fingerprint density at radius 2 is 2.20 bits per heavy atom. The molecule has 0 atom stereocenters. The summed E-state index contributed by atoms with van der Waals surface area (Å²) >= 11 is 5.72. The van der Waals surface area contributed by atoms with E-state index in [4.69, 9.17) is 11.6 Å². The van der Waals surface area contributed by atoms with E-state index in [0.717, 1.165) is 18.8 Å². The fourth-order valence-electron chi connectivity index (χ4n) is 1.42. The molecule has 4 nitrogen and oxygen atoms in total. The van der Waals surface area contributed by atoms with Crippen LogP contribution in [-0.2, 0) is 17.2 Å². The Labute approximate surface area is 94.8 Å². The van der Waals surface area contributed by atoms with Gasteiger partial charge in [0.05, 0.1) is 17.9 Å². The first-order chi connectivity index (χ1) is 7.22. The van der Waals surface area contributed by atoms with Gasteiger partial charge >= 0.3 is 0 Å². The van der Waals surface area contributed by atoms with Gasteiger partial charge in [-0.05, 0) is 13.8 Å². The molecule has 1 aromatic rings. The molecule has 0 aromatic carbocycles. The number of carbonyl (C=O) groups is 1. The molecule has 0 aliphatic carbocycles. The number of hydrogen-bond acceptors (Lipinski definition) is 2. The molecule has 0 unspecified atom stereocenters. The Balaban J connectivity index is 2.65. The normalized spacial score (nSPS) is 10.3. The van der Waals surface area contributed by atoms with E-state index in [9.17, 15) is 4.79 Å². The summed E-state index contributed by atoms with van der Waals surface area (Å²) in [6, 6.07) is 0. The van der Waals surface area contributed by atoms with E-state index in [2.05, 4.69) is 4.98 Å². The number of alkyl halides is 1. The minimum Gasteiger partial charge on any atom is -0.342 e. The third-order valence-corrected chi connectivity index (χ3v) is 2.63. The topological polar surface area (TPSA) is 38.1 Å². The maximum atomic E-state index is 11.8. The average molecular weight is 230 g/mol. The van der Waals surface area contributed by atoms with Crippen LogP contribution in [0, 0.1) is 0 Å². The first-order valence-electron chi connectivity index (χ1n) is 5.05. The third kappa shape index (κ3) is 2.96. The van der Waals surface area contributed by atoms with Crippen LogP contribution < -0.4 is 0 Å². The highest BCUT2D eigenvalue weighted by Crippen LogP contribution is 2.04. The van der Waals surface area contributed by atoms with Crippen LogP contribution in [0.1, 0.15) is 19.5 Å². The van der Waals surface area contributed by atoms with Gasteiger partial charge in [-0.25, -0.2) is 4.98 Å². The van der Waals surface area contributed by atoms with Crippen LogP contribution in [0.4, 0.5) is 0 Å². The Kier molecular flexibility index (Phi) is 4.62. The molecule has 1 rings (SSSR count). The molecule has 0 bridgehead atoms. The Bertz CT molecular complexity index is 320. The number of carbonyl (C=O) groups excluding carboxylic acids is 1. The van der Waals surface area contributed by atoms with Crippen LogP contribution >= 0.6 is 11.6 Å². The van der Waals surface area contributed by atoms with E-state index in [1.54, 1.807) is 22.0 Å². The fraction of sp³-hybridized carbons (Fsp3) is 0.600. The summed E-state index contributed by atoms with van der Waals surface area (Å²) in [5, 5.41) is 0. The summed E-state index contributed by atoms with van der Waals surface area (Å²) in [7, 11) is 0. The maximum absolute atomic E-state index is 11.8. The van der Waals surface area contributed by atoms with Crippen LogP contribution in [0.3, 0.4) is 0 Å². The first kappa shape index (κ1) is 12.0. The van der Waals surface area contributed by atoms with E-state index >= 15 is 0 Å². The van der Waals surface area contributed by atoms with Gasteiger partial charge in [-0.15, -0.1) is 11.6 Å². The van der Waals surface area contributed by atoms with E-state index in [-0.39, 0.29) is 5.91 Å². The quantitative estimate of drug-likeness (QED) is 0.718. The van der Waals surface area contributed by atoms with Crippen molar-refractivity contribution in [1.82, 2.24) is 14.5 Å². The van der Waals surface area contributed by atoms with Gasteiger partial charge in [0, 0.05) is 19.3 Å². The highest BCUT2D eigenvalue weighted by atomic mass is 35.5. The van der Waals surface area contributed by atoms with Crippen LogP contribution in [0.5, 0.6) is 0 Å². The molecule has 5 heteroatoms. The van der Waals surface area contributed by atoms with Crippen LogP contribution in [-0.4, -0.2) is 33.4 Å². The second kappa shape index (κ2) is 5.75. The summed E-state index contributed by atoms with van der Waals surface area (Å²) in [5.41, 5.74) is 0.872. The van der Waals surface area contributed by atoms with Gasteiger partial charge in [-0.2, -0.15) is 0 Å². The number of likely N-dealkylation sites (N-methyl/N-ethyl adjacent to an activating group) is 1. The predicted molar refractivity (Wildman–Crippen MR) is 59.7 cm³/mol. The van der Waals surface area contributed by atoms with Gasteiger partial charge in [0.1, 0.15) is 6.54 Å². The monoisotopic (exact) mass is 229 g/mol. The number of hydrogen-bond donors (Lipinski definition) is 0. The van der Waals surface area contributed by atoms with Gasteiger partial charge in [0.25, 0.3) is 0 Å². The van der Waals surface area contributed by atoms with Crippen molar-refractivity contribution in [1.29, 1.82) is 0 Å². The second-order valence-electron chi connectivity index (χ2n) is 3.21.